The number of carboxylic acid groups (broad SMARTS) is 1. The number of carboxylic acids is 1. The summed E-state index contributed by atoms with van der Waals surface area (Å²) in [5, 5.41) is 22.8. The van der Waals surface area contributed by atoms with Crippen LogP contribution in [0.1, 0.15) is 83.5 Å². The normalized spacial score (nSPS) is 12.0. The molecular weight excluding hydrogens is 353 g/mol. The molecule has 0 spiro atoms. The minimum absolute atomic E-state index is 0. The standard InChI is InChI=1S/C20H35N3O3.Na/c21-23-22-19(18-24)16-14-12-10-8-6-4-2-1-3-5-7-9-11-13-15-17-20(25)26;/h8-11,19,24H,1-7,12-18H2,(H,25,26);/q;+1/p-1/b10-8-,11-9-;/t19-;/m0./s1. The largest absolute Gasteiger partial charge is 1.00 e. The minimum atomic E-state index is -0.964. The molecule has 1 N–H and O–H groups in total. The second-order valence-electron chi connectivity index (χ2n) is 6.52. The van der Waals surface area contributed by atoms with Gasteiger partial charge >= 0.3 is 29.6 Å². The quantitative estimate of drug-likeness (QED) is 0.0963. The van der Waals surface area contributed by atoms with E-state index in [0.717, 1.165) is 38.5 Å². The Morgan fingerprint density at radius 2 is 1.41 bits per heavy atom. The average Bonchev–Trinajstić information content (AvgIpc) is 2.63. The molecule has 0 saturated carbocycles. The van der Waals surface area contributed by atoms with Gasteiger partial charge in [-0.2, -0.15) is 0 Å². The molecule has 0 aromatic rings. The van der Waals surface area contributed by atoms with Gasteiger partial charge in [-0.05, 0) is 69.7 Å². The molecule has 0 rings (SSSR count). The number of aliphatic hydroxyl groups excluding tert-OH is 1. The van der Waals surface area contributed by atoms with Crippen molar-refractivity contribution in [2.45, 2.75) is 89.5 Å². The van der Waals surface area contributed by atoms with Crippen molar-refractivity contribution in [2.24, 2.45) is 5.11 Å². The van der Waals surface area contributed by atoms with Crippen LogP contribution in [0.25, 0.3) is 10.4 Å². The zero-order valence-corrected chi connectivity index (χ0v) is 18.9. The van der Waals surface area contributed by atoms with E-state index in [9.17, 15) is 9.90 Å². The summed E-state index contributed by atoms with van der Waals surface area (Å²) in [4.78, 5) is 13.0. The average molecular weight is 388 g/mol. The van der Waals surface area contributed by atoms with Gasteiger partial charge in [-0.1, -0.05) is 48.7 Å². The third kappa shape index (κ3) is 23.2. The zero-order valence-electron chi connectivity index (χ0n) is 16.9. The van der Waals surface area contributed by atoms with Crippen LogP contribution < -0.4 is 34.7 Å². The van der Waals surface area contributed by atoms with Crippen LogP contribution in [0.3, 0.4) is 0 Å². The second-order valence-corrected chi connectivity index (χ2v) is 6.52. The number of unbranched alkanes of at least 4 members (excludes halogenated alkanes) is 8. The topological polar surface area (TPSA) is 109 Å². The molecule has 148 valence electrons. The Morgan fingerprint density at radius 3 is 1.89 bits per heavy atom. The molecule has 27 heavy (non-hydrogen) atoms. The van der Waals surface area contributed by atoms with Gasteiger partial charge in [0.25, 0.3) is 0 Å². The second kappa shape index (κ2) is 23.3. The maximum absolute atomic E-state index is 10.2. The Labute approximate surface area is 186 Å². The van der Waals surface area contributed by atoms with Gasteiger partial charge in [0.2, 0.25) is 0 Å². The van der Waals surface area contributed by atoms with Crippen LogP contribution in [-0.4, -0.2) is 23.7 Å². The number of rotatable bonds is 18. The Hall–Kier alpha value is -0.780. The van der Waals surface area contributed by atoms with Crippen molar-refractivity contribution in [1.29, 1.82) is 0 Å². The van der Waals surface area contributed by atoms with E-state index in [1.54, 1.807) is 0 Å². The number of allylic oxidation sites excluding steroid dienone is 4. The Morgan fingerprint density at radius 1 is 0.926 bits per heavy atom. The van der Waals surface area contributed by atoms with Crippen molar-refractivity contribution in [1.82, 2.24) is 0 Å². The number of hydrogen-bond donors (Lipinski definition) is 1. The fourth-order valence-electron chi connectivity index (χ4n) is 2.62. The van der Waals surface area contributed by atoms with E-state index in [1.165, 1.54) is 32.1 Å². The summed E-state index contributed by atoms with van der Waals surface area (Å²) in [5.74, 6) is -0.964. The SMILES string of the molecule is [N-]=[N+]=N[C@H](CO)CCC/C=C\CCCCCCC/C=C\CCCC(=O)[O-].[Na+]. The molecule has 1 atom stereocenters. The van der Waals surface area contributed by atoms with Crippen LogP contribution in [0.2, 0.25) is 0 Å². The van der Waals surface area contributed by atoms with Gasteiger partial charge in [-0.15, -0.1) is 0 Å². The Kier molecular flexibility index (Phi) is 24.5. The van der Waals surface area contributed by atoms with E-state index in [2.05, 4.69) is 34.3 Å². The molecule has 0 aliphatic heterocycles. The fourth-order valence-corrected chi connectivity index (χ4v) is 2.62. The van der Waals surface area contributed by atoms with Gasteiger partial charge in [0.05, 0.1) is 12.6 Å². The van der Waals surface area contributed by atoms with Gasteiger partial charge in [0.1, 0.15) is 0 Å². The number of azide groups is 1. The molecule has 0 aliphatic rings. The number of carbonyl (C=O) groups excluding carboxylic acids is 1. The maximum Gasteiger partial charge on any atom is 1.00 e. The molecule has 0 amide bonds. The summed E-state index contributed by atoms with van der Waals surface area (Å²) >= 11 is 0. The third-order valence-corrected chi connectivity index (χ3v) is 4.16. The van der Waals surface area contributed by atoms with Crippen LogP contribution in [0, 0.1) is 0 Å². The first kappa shape index (κ1) is 28.4. The van der Waals surface area contributed by atoms with Gasteiger partial charge in [-0.3, -0.25) is 0 Å². The summed E-state index contributed by atoms with van der Waals surface area (Å²) in [7, 11) is 0. The van der Waals surface area contributed by atoms with Gasteiger partial charge < -0.3 is 15.0 Å². The Balaban J connectivity index is 0. The molecule has 0 bridgehead atoms. The van der Waals surface area contributed by atoms with Crippen LogP contribution >= 0.6 is 0 Å². The van der Waals surface area contributed by atoms with E-state index in [-0.39, 0.29) is 48.6 Å². The van der Waals surface area contributed by atoms with Crippen molar-refractivity contribution in [3.8, 4) is 0 Å². The monoisotopic (exact) mass is 387 g/mol. The van der Waals surface area contributed by atoms with Gasteiger partial charge in [0, 0.05) is 10.9 Å². The first-order valence-corrected chi connectivity index (χ1v) is 9.85. The van der Waals surface area contributed by atoms with E-state index in [0.29, 0.717) is 6.42 Å². The molecule has 0 heterocycles. The number of nitrogens with zero attached hydrogens (tertiary/aromatic N) is 3. The Bertz CT molecular complexity index is 450. The molecule has 0 aliphatic carbocycles. The summed E-state index contributed by atoms with van der Waals surface area (Å²) in [5.41, 5.74) is 8.33. The summed E-state index contributed by atoms with van der Waals surface area (Å²) < 4.78 is 0. The molecule has 0 radical (unpaired) electrons. The summed E-state index contributed by atoms with van der Waals surface area (Å²) in [6, 6.07) is -0.287. The summed E-state index contributed by atoms with van der Waals surface area (Å²) in [6.07, 6.45) is 21.3. The molecule has 0 saturated heterocycles. The van der Waals surface area contributed by atoms with E-state index < -0.39 is 5.97 Å². The third-order valence-electron chi connectivity index (χ3n) is 4.16. The van der Waals surface area contributed by atoms with Crippen molar-refractivity contribution in [2.75, 3.05) is 6.61 Å². The first-order chi connectivity index (χ1) is 12.7. The summed E-state index contributed by atoms with van der Waals surface area (Å²) in [6.45, 7) is -0.0774. The predicted octanol–water partition coefficient (Wildman–Crippen LogP) is 1.60. The molecular formula is C20H34N3NaO3. The van der Waals surface area contributed by atoms with Crippen molar-refractivity contribution >= 4 is 5.97 Å². The molecule has 0 fully saturated rings. The van der Waals surface area contributed by atoms with Crippen molar-refractivity contribution in [3.63, 3.8) is 0 Å². The predicted molar refractivity (Wildman–Crippen MR) is 103 cm³/mol. The molecule has 0 aromatic carbocycles. The molecule has 0 unspecified atom stereocenters. The molecule has 6 nitrogen and oxygen atoms in total. The van der Waals surface area contributed by atoms with Gasteiger partial charge in [0.15, 0.2) is 0 Å². The van der Waals surface area contributed by atoms with Crippen molar-refractivity contribution in [3.05, 3.63) is 34.7 Å². The maximum atomic E-state index is 10.2. The van der Waals surface area contributed by atoms with Crippen LogP contribution in [0.5, 0.6) is 0 Å². The van der Waals surface area contributed by atoms with Crippen LogP contribution in [-0.2, 0) is 4.79 Å². The van der Waals surface area contributed by atoms with E-state index >= 15 is 0 Å². The van der Waals surface area contributed by atoms with E-state index in [4.69, 9.17) is 10.6 Å². The first-order valence-electron chi connectivity index (χ1n) is 9.85. The number of aliphatic hydroxyl groups is 1. The minimum Gasteiger partial charge on any atom is -0.550 e. The zero-order chi connectivity index (χ0) is 19.3. The number of carbonyl (C=O) groups is 1. The smallest absolute Gasteiger partial charge is 0.550 e. The van der Waals surface area contributed by atoms with Crippen LogP contribution in [0.15, 0.2) is 29.4 Å². The number of hydrogen-bond acceptors (Lipinski definition) is 4. The molecule has 7 heteroatoms. The fraction of sp³-hybridized carbons (Fsp3) is 0.750. The van der Waals surface area contributed by atoms with E-state index in [1.807, 2.05) is 0 Å². The van der Waals surface area contributed by atoms with Gasteiger partial charge in [-0.25, -0.2) is 0 Å². The van der Waals surface area contributed by atoms with Crippen molar-refractivity contribution < 1.29 is 44.6 Å². The number of aliphatic carboxylic acids is 1. The molecule has 0 aromatic heterocycles. The van der Waals surface area contributed by atoms with Crippen LogP contribution in [0.4, 0.5) is 0 Å².